The topological polar surface area (TPSA) is 110 Å². The van der Waals surface area contributed by atoms with Crippen LogP contribution in [0.4, 0.5) is 11.4 Å². The van der Waals surface area contributed by atoms with Crippen molar-refractivity contribution < 1.29 is 15.0 Å². The van der Waals surface area contributed by atoms with Gasteiger partial charge in [0, 0.05) is 11.1 Å². The minimum Gasteiger partial charge on any atom is -0.506 e. The molecule has 0 bridgehead atoms. The van der Waals surface area contributed by atoms with Gasteiger partial charge < -0.3 is 21.7 Å². The van der Waals surface area contributed by atoms with Crippen molar-refractivity contribution in [3.05, 3.63) is 47.5 Å². The van der Waals surface area contributed by atoms with Gasteiger partial charge in [0.2, 0.25) is 0 Å². The standard InChI is InChI=1S/C13H12N2O3/c14-9-3-1-8(6-12(9)17)13(18)7-2-4-11(16)10(15)5-7/h1-6,16-17H,14-15H2. The number of hydrogen-bond donors (Lipinski definition) is 4. The molecule has 2 rings (SSSR count). The monoisotopic (exact) mass is 244 g/mol. The lowest BCUT2D eigenvalue weighted by Gasteiger charge is -2.05. The van der Waals surface area contributed by atoms with Crippen molar-refractivity contribution in [3.8, 4) is 11.5 Å². The van der Waals surface area contributed by atoms with E-state index in [2.05, 4.69) is 0 Å². The van der Waals surface area contributed by atoms with Crippen LogP contribution in [0.25, 0.3) is 0 Å². The molecule has 0 amide bonds. The van der Waals surface area contributed by atoms with Crippen molar-refractivity contribution in [2.45, 2.75) is 0 Å². The first-order valence-corrected chi connectivity index (χ1v) is 5.20. The van der Waals surface area contributed by atoms with Crippen molar-refractivity contribution in [1.82, 2.24) is 0 Å². The van der Waals surface area contributed by atoms with Crippen LogP contribution in [0.5, 0.6) is 11.5 Å². The smallest absolute Gasteiger partial charge is 0.193 e. The molecule has 0 aromatic heterocycles. The van der Waals surface area contributed by atoms with E-state index in [9.17, 15) is 15.0 Å². The Morgan fingerprint density at radius 1 is 0.833 bits per heavy atom. The van der Waals surface area contributed by atoms with E-state index in [0.29, 0.717) is 11.1 Å². The van der Waals surface area contributed by atoms with Gasteiger partial charge in [0.15, 0.2) is 5.78 Å². The fourth-order valence-electron chi connectivity index (χ4n) is 1.55. The predicted molar refractivity (Wildman–Crippen MR) is 68.5 cm³/mol. The lowest BCUT2D eigenvalue weighted by atomic mass is 10.0. The van der Waals surface area contributed by atoms with Gasteiger partial charge in [-0.25, -0.2) is 0 Å². The number of rotatable bonds is 2. The quantitative estimate of drug-likeness (QED) is 0.363. The Morgan fingerprint density at radius 2 is 1.44 bits per heavy atom. The molecule has 0 atom stereocenters. The van der Waals surface area contributed by atoms with Crippen molar-refractivity contribution in [3.63, 3.8) is 0 Å². The molecule has 0 spiro atoms. The predicted octanol–water partition coefficient (Wildman–Crippen LogP) is 1.49. The molecule has 0 saturated carbocycles. The second-order valence-corrected chi connectivity index (χ2v) is 3.88. The molecule has 0 aliphatic heterocycles. The van der Waals surface area contributed by atoms with Gasteiger partial charge in [0.05, 0.1) is 11.4 Å². The zero-order valence-electron chi connectivity index (χ0n) is 9.42. The minimum absolute atomic E-state index is 0.0771. The molecule has 0 aliphatic carbocycles. The van der Waals surface area contributed by atoms with Gasteiger partial charge in [0.1, 0.15) is 11.5 Å². The molecule has 0 heterocycles. The molecule has 5 heteroatoms. The van der Waals surface area contributed by atoms with Crippen molar-refractivity contribution >= 4 is 17.2 Å². The van der Waals surface area contributed by atoms with Crippen LogP contribution in [-0.4, -0.2) is 16.0 Å². The van der Waals surface area contributed by atoms with Gasteiger partial charge >= 0.3 is 0 Å². The Hall–Kier alpha value is -2.69. The molecular formula is C13H12N2O3. The molecule has 2 aromatic carbocycles. The van der Waals surface area contributed by atoms with Crippen molar-refractivity contribution in [1.29, 1.82) is 0 Å². The van der Waals surface area contributed by atoms with Crippen LogP contribution < -0.4 is 11.5 Å². The van der Waals surface area contributed by atoms with Gasteiger partial charge in [-0.2, -0.15) is 0 Å². The Bertz CT molecular complexity index is 570. The average molecular weight is 244 g/mol. The molecule has 0 aliphatic rings. The van der Waals surface area contributed by atoms with E-state index >= 15 is 0 Å². The van der Waals surface area contributed by atoms with Crippen LogP contribution in [0.3, 0.4) is 0 Å². The Balaban J connectivity index is 2.41. The van der Waals surface area contributed by atoms with E-state index in [-0.39, 0.29) is 28.7 Å². The summed E-state index contributed by atoms with van der Waals surface area (Å²) in [5, 5.41) is 18.7. The third kappa shape index (κ3) is 2.06. The first kappa shape index (κ1) is 11.8. The Morgan fingerprint density at radius 3 is 2.06 bits per heavy atom. The highest BCUT2D eigenvalue weighted by Gasteiger charge is 2.12. The van der Waals surface area contributed by atoms with Crippen LogP contribution in [0.15, 0.2) is 36.4 Å². The number of nitrogens with two attached hydrogens (primary N) is 2. The fourth-order valence-corrected chi connectivity index (χ4v) is 1.55. The summed E-state index contributed by atoms with van der Waals surface area (Å²) >= 11 is 0. The van der Waals surface area contributed by atoms with Gasteiger partial charge in [-0.05, 0) is 36.4 Å². The molecule has 2 aromatic rings. The number of carbonyl (C=O) groups is 1. The number of nitrogen functional groups attached to an aromatic ring is 2. The normalized spacial score (nSPS) is 10.2. The van der Waals surface area contributed by atoms with Crippen LogP contribution in [0.2, 0.25) is 0 Å². The van der Waals surface area contributed by atoms with Gasteiger partial charge in [0.25, 0.3) is 0 Å². The summed E-state index contributed by atoms with van der Waals surface area (Å²) in [5.74, 6) is -0.531. The summed E-state index contributed by atoms with van der Waals surface area (Å²) in [5.41, 5.74) is 11.9. The third-order valence-electron chi connectivity index (χ3n) is 2.58. The first-order valence-electron chi connectivity index (χ1n) is 5.20. The molecule has 5 nitrogen and oxygen atoms in total. The number of anilines is 2. The maximum Gasteiger partial charge on any atom is 0.193 e. The lowest BCUT2D eigenvalue weighted by molar-refractivity contribution is 0.103. The number of carbonyl (C=O) groups excluding carboxylic acids is 1. The van der Waals surface area contributed by atoms with E-state index in [4.69, 9.17) is 11.5 Å². The second kappa shape index (κ2) is 4.29. The summed E-state index contributed by atoms with van der Waals surface area (Å²) in [6.07, 6.45) is 0. The molecule has 6 N–H and O–H groups in total. The summed E-state index contributed by atoms with van der Waals surface area (Å²) in [4.78, 5) is 12.1. The van der Waals surface area contributed by atoms with Crippen LogP contribution in [-0.2, 0) is 0 Å². The molecule has 92 valence electrons. The molecule has 18 heavy (non-hydrogen) atoms. The summed E-state index contributed by atoms with van der Waals surface area (Å²) < 4.78 is 0. The molecule has 0 unspecified atom stereocenters. The Labute approximate surface area is 103 Å². The van der Waals surface area contributed by atoms with Crippen molar-refractivity contribution in [2.24, 2.45) is 0 Å². The zero-order valence-corrected chi connectivity index (χ0v) is 9.42. The largest absolute Gasteiger partial charge is 0.506 e. The summed E-state index contributed by atoms with van der Waals surface area (Å²) in [6, 6.07) is 8.44. The van der Waals surface area contributed by atoms with Crippen LogP contribution in [0, 0.1) is 0 Å². The van der Waals surface area contributed by atoms with E-state index in [1.165, 1.54) is 36.4 Å². The SMILES string of the molecule is Nc1cc(C(=O)c2ccc(N)c(O)c2)ccc1O. The third-order valence-corrected chi connectivity index (χ3v) is 2.58. The minimum atomic E-state index is -0.308. The van der Waals surface area contributed by atoms with Crippen molar-refractivity contribution in [2.75, 3.05) is 11.5 Å². The van der Waals surface area contributed by atoms with Gasteiger partial charge in [-0.1, -0.05) is 0 Å². The molecular weight excluding hydrogens is 232 g/mol. The number of phenolic OH excluding ortho intramolecular Hbond substituents is 2. The lowest BCUT2D eigenvalue weighted by Crippen LogP contribution is -2.02. The van der Waals surface area contributed by atoms with Crippen LogP contribution in [0.1, 0.15) is 15.9 Å². The number of ketones is 1. The van der Waals surface area contributed by atoms with E-state index in [1.807, 2.05) is 0 Å². The highest BCUT2D eigenvalue weighted by Crippen LogP contribution is 2.25. The number of benzene rings is 2. The maximum atomic E-state index is 12.1. The molecule has 0 saturated heterocycles. The van der Waals surface area contributed by atoms with E-state index < -0.39 is 0 Å². The second-order valence-electron chi connectivity index (χ2n) is 3.88. The highest BCUT2D eigenvalue weighted by atomic mass is 16.3. The van der Waals surface area contributed by atoms with Gasteiger partial charge in [-0.3, -0.25) is 4.79 Å². The molecule has 0 radical (unpaired) electrons. The zero-order chi connectivity index (χ0) is 13.3. The summed E-state index contributed by atoms with van der Waals surface area (Å²) in [6.45, 7) is 0. The number of hydrogen-bond acceptors (Lipinski definition) is 5. The highest BCUT2D eigenvalue weighted by molar-refractivity contribution is 6.10. The average Bonchev–Trinajstić information content (AvgIpc) is 2.35. The van der Waals surface area contributed by atoms with E-state index in [0.717, 1.165) is 0 Å². The Kier molecular flexibility index (Phi) is 2.81. The van der Waals surface area contributed by atoms with Gasteiger partial charge in [-0.15, -0.1) is 0 Å². The summed E-state index contributed by atoms with van der Waals surface area (Å²) in [7, 11) is 0. The fraction of sp³-hybridized carbons (Fsp3) is 0. The maximum absolute atomic E-state index is 12.1. The first-order chi connectivity index (χ1) is 8.49. The number of phenols is 2. The van der Waals surface area contributed by atoms with Crippen LogP contribution >= 0.6 is 0 Å². The molecule has 0 fully saturated rings. The van der Waals surface area contributed by atoms with E-state index in [1.54, 1.807) is 0 Å². The number of aromatic hydroxyl groups is 2.